The fourth-order valence-electron chi connectivity index (χ4n) is 2.05. The van der Waals surface area contributed by atoms with Crippen molar-refractivity contribution >= 4 is 28.2 Å². The molecule has 0 saturated carbocycles. The molecule has 0 atom stereocenters. The van der Waals surface area contributed by atoms with Crippen LogP contribution in [0.15, 0.2) is 48.7 Å². The SMILES string of the molecule is Nc1ccc(COc2ccc(Cl)c3cccnc23)cc1F. The highest BCUT2D eigenvalue weighted by Gasteiger charge is 2.07. The molecule has 3 rings (SSSR count). The number of halogens is 2. The molecule has 0 aliphatic carbocycles. The summed E-state index contributed by atoms with van der Waals surface area (Å²) in [4.78, 5) is 4.28. The monoisotopic (exact) mass is 302 g/mol. The lowest BCUT2D eigenvalue weighted by Crippen LogP contribution is -1.99. The molecule has 0 bridgehead atoms. The van der Waals surface area contributed by atoms with Crippen LogP contribution in [0.25, 0.3) is 10.9 Å². The van der Waals surface area contributed by atoms with Crippen LogP contribution in [0.2, 0.25) is 5.02 Å². The van der Waals surface area contributed by atoms with Gasteiger partial charge < -0.3 is 10.5 Å². The van der Waals surface area contributed by atoms with E-state index in [1.54, 1.807) is 24.4 Å². The van der Waals surface area contributed by atoms with Gasteiger partial charge in [-0.05, 0) is 42.0 Å². The van der Waals surface area contributed by atoms with Gasteiger partial charge in [0.1, 0.15) is 23.7 Å². The first-order valence-corrected chi connectivity index (χ1v) is 6.73. The van der Waals surface area contributed by atoms with Crippen molar-refractivity contribution < 1.29 is 9.13 Å². The molecule has 0 amide bonds. The second kappa shape index (κ2) is 5.58. The Hall–Kier alpha value is -2.33. The zero-order chi connectivity index (χ0) is 14.8. The normalized spacial score (nSPS) is 10.8. The fourth-order valence-corrected chi connectivity index (χ4v) is 2.27. The predicted molar refractivity (Wildman–Crippen MR) is 81.9 cm³/mol. The smallest absolute Gasteiger partial charge is 0.146 e. The Morgan fingerprint density at radius 1 is 1.19 bits per heavy atom. The minimum Gasteiger partial charge on any atom is -0.487 e. The van der Waals surface area contributed by atoms with Gasteiger partial charge in [-0.3, -0.25) is 4.98 Å². The lowest BCUT2D eigenvalue weighted by atomic mass is 10.2. The quantitative estimate of drug-likeness (QED) is 0.738. The molecule has 0 fully saturated rings. The topological polar surface area (TPSA) is 48.1 Å². The summed E-state index contributed by atoms with van der Waals surface area (Å²) in [7, 11) is 0. The predicted octanol–water partition coefficient (Wildman–Crippen LogP) is 4.19. The van der Waals surface area contributed by atoms with Crippen LogP contribution in [-0.4, -0.2) is 4.98 Å². The van der Waals surface area contributed by atoms with E-state index >= 15 is 0 Å². The Labute approximate surface area is 126 Å². The van der Waals surface area contributed by atoms with Crippen LogP contribution in [0.1, 0.15) is 5.56 Å². The zero-order valence-corrected chi connectivity index (χ0v) is 11.8. The van der Waals surface area contributed by atoms with E-state index in [1.165, 1.54) is 12.1 Å². The summed E-state index contributed by atoms with van der Waals surface area (Å²) in [5.74, 6) is 0.155. The molecule has 1 aromatic heterocycles. The van der Waals surface area contributed by atoms with Crippen LogP contribution in [0.5, 0.6) is 5.75 Å². The molecule has 106 valence electrons. The van der Waals surface area contributed by atoms with E-state index in [4.69, 9.17) is 22.1 Å². The number of ether oxygens (including phenoxy) is 1. The van der Waals surface area contributed by atoms with Crippen LogP contribution in [0, 0.1) is 5.82 Å². The highest BCUT2D eigenvalue weighted by atomic mass is 35.5. The minimum atomic E-state index is -0.449. The number of pyridine rings is 1. The molecule has 0 radical (unpaired) electrons. The summed E-state index contributed by atoms with van der Waals surface area (Å²) >= 11 is 6.13. The van der Waals surface area contributed by atoms with Gasteiger partial charge in [0, 0.05) is 11.6 Å². The van der Waals surface area contributed by atoms with E-state index in [0.29, 0.717) is 21.9 Å². The standard InChI is InChI=1S/C16H12ClFN2O/c17-12-4-6-15(16-11(12)2-1-7-20-16)21-9-10-3-5-14(19)13(18)8-10/h1-8H,9,19H2. The first-order chi connectivity index (χ1) is 10.1. The molecule has 0 aliphatic heterocycles. The Balaban J connectivity index is 1.88. The average Bonchev–Trinajstić information content (AvgIpc) is 2.50. The number of hydrogen-bond acceptors (Lipinski definition) is 3. The van der Waals surface area contributed by atoms with Gasteiger partial charge in [-0.25, -0.2) is 4.39 Å². The Morgan fingerprint density at radius 3 is 2.86 bits per heavy atom. The number of nitrogens with zero attached hydrogens (tertiary/aromatic N) is 1. The van der Waals surface area contributed by atoms with Gasteiger partial charge in [0.2, 0.25) is 0 Å². The largest absolute Gasteiger partial charge is 0.487 e. The number of anilines is 1. The van der Waals surface area contributed by atoms with Crippen molar-refractivity contribution in [2.45, 2.75) is 6.61 Å². The summed E-state index contributed by atoms with van der Waals surface area (Å²) < 4.78 is 19.1. The van der Waals surface area contributed by atoms with E-state index in [1.807, 2.05) is 12.1 Å². The summed E-state index contributed by atoms with van der Waals surface area (Å²) in [6, 6.07) is 11.8. The third kappa shape index (κ3) is 2.76. The van der Waals surface area contributed by atoms with Gasteiger partial charge >= 0.3 is 0 Å². The van der Waals surface area contributed by atoms with E-state index in [2.05, 4.69) is 4.98 Å². The van der Waals surface area contributed by atoms with Crippen LogP contribution in [-0.2, 0) is 6.61 Å². The Kier molecular flexibility index (Phi) is 3.62. The number of fused-ring (bicyclic) bond motifs is 1. The summed E-state index contributed by atoms with van der Waals surface area (Å²) in [6.45, 7) is 0.227. The van der Waals surface area contributed by atoms with E-state index in [-0.39, 0.29) is 12.3 Å². The Bertz CT molecular complexity index is 807. The second-order valence-corrected chi connectivity index (χ2v) is 5.00. The fraction of sp³-hybridized carbons (Fsp3) is 0.0625. The molecule has 2 N–H and O–H groups in total. The number of benzene rings is 2. The van der Waals surface area contributed by atoms with E-state index < -0.39 is 5.82 Å². The summed E-state index contributed by atoms with van der Waals surface area (Å²) in [5, 5.41) is 1.43. The third-order valence-electron chi connectivity index (χ3n) is 3.14. The van der Waals surface area contributed by atoms with Gasteiger partial charge in [-0.1, -0.05) is 17.7 Å². The first-order valence-electron chi connectivity index (χ1n) is 6.35. The van der Waals surface area contributed by atoms with Gasteiger partial charge in [0.05, 0.1) is 10.7 Å². The lowest BCUT2D eigenvalue weighted by molar-refractivity contribution is 0.309. The molecule has 0 saturated heterocycles. The van der Waals surface area contributed by atoms with Crippen LogP contribution < -0.4 is 10.5 Å². The number of nitrogen functional groups attached to an aromatic ring is 1. The zero-order valence-electron chi connectivity index (χ0n) is 11.0. The van der Waals surface area contributed by atoms with Crippen molar-refractivity contribution in [1.82, 2.24) is 4.98 Å². The average molecular weight is 303 g/mol. The Morgan fingerprint density at radius 2 is 2.05 bits per heavy atom. The molecule has 21 heavy (non-hydrogen) atoms. The molecule has 3 nitrogen and oxygen atoms in total. The molecule has 2 aromatic carbocycles. The molecule has 3 aromatic rings. The number of hydrogen-bond donors (Lipinski definition) is 1. The lowest BCUT2D eigenvalue weighted by Gasteiger charge is -2.10. The highest BCUT2D eigenvalue weighted by molar-refractivity contribution is 6.35. The molecular formula is C16H12ClFN2O. The van der Waals surface area contributed by atoms with E-state index in [9.17, 15) is 4.39 Å². The minimum absolute atomic E-state index is 0.123. The molecule has 1 heterocycles. The van der Waals surface area contributed by atoms with Gasteiger partial charge in [0.25, 0.3) is 0 Å². The molecular weight excluding hydrogens is 291 g/mol. The van der Waals surface area contributed by atoms with Gasteiger partial charge in [-0.2, -0.15) is 0 Å². The van der Waals surface area contributed by atoms with Crippen LogP contribution >= 0.6 is 11.6 Å². The molecule has 5 heteroatoms. The van der Waals surface area contributed by atoms with Crippen molar-refractivity contribution in [2.75, 3.05) is 5.73 Å². The third-order valence-corrected chi connectivity index (χ3v) is 3.47. The molecule has 0 unspecified atom stereocenters. The summed E-state index contributed by atoms with van der Waals surface area (Å²) in [6.07, 6.45) is 1.68. The number of aromatic nitrogens is 1. The van der Waals surface area contributed by atoms with Crippen molar-refractivity contribution in [3.63, 3.8) is 0 Å². The van der Waals surface area contributed by atoms with Crippen molar-refractivity contribution in [3.8, 4) is 5.75 Å². The van der Waals surface area contributed by atoms with Gasteiger partial charge in [-0.15, -0.1) is 0 Å². The highest BCUT2D eigenvalue weighted by Crippen LogP contribution is 2.30. The van der Waals surface area contributed by atoms with Crippen LogP contribution in [0.4, 0.5) is 10.1 Å². The van der Waals surface area contributed by atoms with Crippen LogP contribution in [0.3, 0.4) is 0 Å². The maximum Gasteiger partial charge on any atom is 0.146 e. The molecule has 0 aliphatic rings. The maximum atomic E-state index is 13.4. The van der Waals surface area contributed by atoms with Crippen molar-refractivity contribution in [1.29, 1.82) is 0 Å². The summed E-state index contributed by atoms with van der Waals surface area (Å²) in [5.41, 5.74) is 6.95. The van der Waals surface area contributed by atoms with Gasteiger partial charge in [0.15, 0.2) is 0 Å². The number of rotatable bonds is 3. The second-order valence-electron chi connectivity index (χ2n) is 4.59. The first kappa shape index (κ1) is 13.6. The van der Waals surface area contributed by atoms with Crippen molar-refractivity contribution in [2.24, 2.45) is 0 Å². The maximum absolute atomic E-state index is 13.4. The molecule has 0 spiro atoms. The van der Waals surface area contributed by atoms with Crippen molar-refractivity contribution in [3.05, 3.63) is 65.1 Å². The van der Waals surface area contributed by atoms with E-state index in [0.717, 1.165) is 5.39 Å². The number of nitrogens with two attached hydrogens (primary N) is 1.